The second-order valence-corrected chi connectivity index (χ2v) is 6.13. The molecular formula is C17H24N2O. The molecule has 0 saturated heterocycles. The monoisotopic (exact) mass is 272 g/mol. The van der Waals surface area contributed by atoms with Gasteiger partial charge in [0, 0.05) is 5.56 Å². The predicted octanol–water partition coefficient (Wildman–Crippen LogP) is 4.21. The van der Waals surface area contributed by atoms with Gasteiger partial charge in [-0.25, -0.2) is 4.68 Å². The van der Waals surface area contributed by atoms with Crippen LogP contribution in [0.1, 0.15) is 50.4 Å². The Kier molecular flexibility index (Phi) is 4.17. The van der Waals surface area contributed by atoms with Crippen LogP contribution in [-0.2, 0) is 6.42 Å². The lowest BCUT2D eigenvalue weighted by atomic mass is 9.98. The van der Waals surface area contributed by atoms with Gasteiger partial charge in [-0.15, -0.1) is 0 Å². The van der Waals surface area contributed by atoms with Crippen LogP contribution in [0.15, 0.2) is 24.3 Å². The zero-order valence-electron chi connectivity index (χ0n) is 13.0. The molecule has 0 atom stereocenters. The van der Waals surface area contributed by atoms with E-state index in [0.29, 0.717) is 5.92 Å². The standard InChI is InChI=1S/C17H24N2O/c1-11(2)10-14-16(12(3)4)17(20)19(18-14)15-9-7-6-8-13(15)5/h6-9,11-12,20H,10H2,1-5H3. The van der Waals surface area contributed by atoms with Crippen molar-refractivity contribution in [2.75, 3.05) is 0 Å². The molecular weight excluding hydrogens is 248 g/mol. The minimum atomic E-state index is 0.265. The molecule has 108 valence electrons. The molecule has 1 heterocycles. The van der Waals surface area contributed by atoms with Crippen LogP contribution < -0.4 is 0 Å². The lowest BCUT2D eigenvalue weighted by molar-refractivity contribution is 0.425. The number of para-hydroxylation sites is 1. The minimum Gasteiger partial charge on any atom is -0.493 e. The molecule has 20 heavy (non-hydrogen) atoms. The SMILES string of the molecule is Cc1ccccc1-n1nc(CC(C)C)c(C(C)C)c1O. The first-order valence-corrected chi connectivity index (χ1v) is 7.28. The normalized spacial score (nSPS) is 11.6. The highest BCUT2D eigenvalue weighted by atomic mass is 16.3. The Hall–Kier alpha value is -1.77. The molecule has 1 aromatic heterocycles. The minimum absolute atomic E-state index is 0.265. The van der Waals surface area contributed by atoms with E-state index in [1.165, 1.54) is 0 Å². The smallest absolute Gasteiger partial charge is 0.217 e. The van der Waals surface area contributed by atoms with Gasteiger partial charge >= 0.3 is 0 Å². The van der Waals surface area contributed by atoms with E-state index >= 15 is 0 Å². The van der Waals surface area contributed by atoms with Gasteiger partial charge in [-0.3, -0.25) is 0 Å². The number of nitrogens with zero attached hydrogens (tertiary/aromatic N) is 2. The molecule has 2 aromatic rings. The summed E-state index contributed by atoms with van der Waals surface area (Å²) in [6, 6.07) is 8.00. The third-order valence-electron chi connectivity index (χ3n) is 3.50. The van der Waals surface area contributed by atoms with Crippen LogP contribution in [0.3, 0.4) is 0 Å². The summed E-state index contributed by atoms with van der Waals surface area (Å²) in [6.45, 7) is 10.6. The van der Waals surface area contributed by atoms with E-state index in [2.05, 4.69) is 32.8 Å². The molecule has 0 fully saturated rings. The summed E-state index contributed by atoms with van der Waals surface area (Å²) in [4.78, 5) is 0. The summed E-state index contributed by atoms with van der Waals surface area (Å²) in [5, 5.41) is 15.2. The Labute approximate surface area is 121 Å². The number of rotatable bonds is 4. The number of hydrogen-bond donors (Lipinski definition) is 1. The second-order valence-electron chi connectivity index (χ2n) is 6.13. The van der Waals surface area contributed by atoms with Crippen molar-refractivity contribution in [3.8, 4) is 11.6 Å². The number of aryl methyl sites for hydroxylation is 1. The molecule has 0 saturated carbocycles. The molecule has 0 aliphatic heterocycles. The molecule has 0 radical (unpaired) electrons. The maximum absolute atomic E-state index is 10.6. The zero-order chi connectivity index (χ0) is 14.9. The molecule has 0 aliphatic rings. The van der Waals surface area contributed by atoms with Crippen molar-refractivity contribution in [2.24, 2.45) is 5.92 Å². The van der Waals surface area contributed by atoms with E-state index in [1.54, 1.807) is 4.68 Å². The van der Waals surface area contributed by atoms with Gasteiger partial charge in [0.1, 0.15) is 0 Å². The lowest BCUT2D eigenvalue weighted by Crippen LogP contribution is -2.01. The fraction of sp³-hybridized carbons (Fsp3) is 0.471. The van der Waals surface area contributed by atoms with E-state index in [-0.39, 0.29) is 11.8 Å². The first-order valence-electron chi connectivity index (χ1n) is 7.28. The molecule has 0 aliphatic carbocycles. The van der Waals surface area contributed by atoms with Gasteiger partial charge in [0.25, 0.3) is 0 Å². The summed E-state index contributed by atoms with van der Waals surface area (Å²) in [7, 11) is 0. The van der Waals surface area contributed by atoms with Crippen LogP contribution in [0.2, 0.25) is 0 Å². The Morgan fingerprint density at radius 3 is 2.35 bits per heavy atom. The highest BCUT2D eigenvalue weighted by Gasteiger charge is 2.21. The van der Waals surface area contributed by atoms with E-state index < -0.39 is 0 Å². The average molecular weight is 272 g/mol. The molecule has 0 unspecified atom stereocenters. The van der Waals surface area contributed by atoms with Crippen LogP contribution in [0.5, 0.6) is 5.88 Å². The fourth-order valence-corrected chi connectivity index (χ4v) is 2.56. The summed E-state index contributed by atoms with van der Waals surface area (Å²) in [5.74, 6) is 1.07. The van der Waals surface area contributed by atoms with Gasteiger partial charge in [0.05, 0.1) is 11.4 Å². The largest absolute Gasteiger partial charge is 0.493 e. The second kappa shape index (κ2) is 5.70. The fourth-order valence-electron chi connectivity index (χ4n) is 2.56. The third kappa shape index (κ3) is 2.72. The molecule has 0 bridgehead atoms. The maximum Gasteiger partial charge on any atom is 0.217 e. The Bertz CT molecular complexity index is 597. The van der Waals surface area contributed by atoms with Crippen molar-refractivity contribution < 1.29 is 5.11 Å². The molecule has 2 rings (SSSR count). The molecule has 0 spiro atoms. The zero-order valence-corrected chi connectivity index (χ0v) is 13.0. The molecule has 1 aromatic carbocycles. The lowest BCUT2D eigenvalue weighted by Gasteiger charge is -2.08. The number of hydrogen-bond acceptors (Lipinski definition) is 2. The van der Waals surface area contributed by atoms with Crippen molar-refractivity contribution in [2.45, 2.75) is 47.0 Å². The number of aromatic nitrogens is 2. The van der Waals surface area contributed by atoms with Crippen molar-refractivity contribution in [3.05, 3.63) is 41.1 Å². The average Bonchev–Trinajstić information content (AvgIpc) is 2.66. The van der Waals surface area contributed by atoms with Gasteiger partial charge in [-0.2, -0.15) is 5.10 Å². The predicted molar refractivity (Wildman–Crippen MR) is 82.6 cm³/mol. The van der Waals surface area contributed by atoms with Crippen LogP contribution in [0.4, 0.5) is 0 Å². The highest BCUT2D eigenvalue weighted by Crippen LogP contribution is 2.33. The van der Waals surface area contributed by atoms with Crippen molar-refractivity contribution in [3.63, 3.8) is 0 Å². The summed E-state index contributed by atoms with van der Waals surface area (Å²) < 4.78 is 1.68. The van der Waals surface area contributed by atoms with Gasteiger partial charge in [0.15, 0.2) is 0 Å². The van der Waals surface area contributed by atoms with Crippen LogP contribution in [-0.4, -0.2) is 14.9 Å². The molecule has 1 N–H and O–H groups in total. The van der Waals surface area contributed by atoms with Crippen molar-refractivity contribution in [1.29, 1.82) is 0 Å². The van der Waals surface area contributed by atoms with Gasteiger partial charge in [-0.1, -0.05) is 45.9 Å². The number of benzene rings is 1. The van der Waals surface area contributed by atoms with Gasteiger partial charge in [0.2, 0.25) is 5.88 Å². The third-order valence-corrected chi connectivity index (χ3v) is 3.50. The Morgan fingerprint density at radius 2 is 1.80 bits per heavy atom. The number of aromatic hydroxyl groups is 1. The summed E-state index contributed by atoms with van der Waals surface area (Å²) in [5.41, 5.74) is 4.04. The van der Waals surface area contributed by atoms with Crippen LogP contribution in [0, 0.1) is 12.8 Å². The molecule has 0 amide bonds. The van der Waals surface area contributed by atoms with Gasteiger partial charge in [-0.05, 0) is 36.8 Å². The summed E-state index contributed by atoms with van der Waals surface area (Å²) >= 11 is 0. The molecule has 3 nitrogen and oxygen atoms in total. The van der Waals surface area contributed by atoms with Crippen molar-refractivity contribution >= 4 is 0 Å². The first kappa shape index (κ1) is 14.6. The Balaban J connectivity index is 2.58. The Morgan fingerprint density at radius 1 is 1.15 bits per heavy atom. The topological polar surface area (TPSA) is 38.0 Å². The van der Waals surface area contributed by atoms with E-state index in [4.69, 9.17) is 0 Å². The van der Waals surface area contributed by atoms with Crippen LogP contribution in [0.25, 0.3) is 5.69 Å². The van der Waals surface area contributed by atoms with E-state index in [0.717, 1.165) is 28.9 Å². The van der Waals surface area contributed by atoms with Gasteiger partial charge < -0.3 is 5.11 Å². The van der Waals surface area contributed by atoms with E-state index in [9.17, 15) is 5.11 Å². The quantitative estimate of drug-likeness (QED) is 0.905. The first-order chi connectivity index (χ1) is 9.41. The van der Waals surface area contributed by atoms with Crippen LogP contribution >= 0.6 is 0 Å². The van der Waals surface area contributed by atoms with E-state index in [1.807, 2.05) is 31.2 Å². The highest BCUT2D eigenvalue weighted by molar-refractivity contribution is 5.46. The van der Waals surface area contributed by atoms with Crippen molar-refractivity contribution in [1.82, 2.24) is 9.78 Å². The molecule has 3 heteroatoms. The summed E-state index contributed by atoms with van der Waals surface area (Å²) in [6.07, 6.45) is 0.889. The maximum atomic E-state index is 10.6.